The zero-order valence-corrected chi connectivity index (χ0v) is 15.0. The molecule has 0 radical (unpaired) electrons. The highest BCUT2D eigenvalue weighted by Crippen LogP contribution is 2.41. The predicted molar refractivity (Wildman–Crippen MR) is 98.9 cm³/mol. The van der Waals surface area contributed by atoms with Crippen LogP contribution in [0.1, 0.15) is 0 Å². The van der Waals surface area contributed by atoms with E-state index in [4.69, 9.17) is 11.6 Å². The second kappa shape index (κ2) is 6.25. The smallest absolute Gasteiger partial charge is 0.213 e. The number of H-pyrrole nitrogens is 1. The summed E-state index contributed by atoms with van der Waals surface area (Å²) >= 11 is 8.80. The average molecular weight is 394 g/mol. The van der Waals surface area contributed by atoms with Gasteiger partial charge in [-0.1, -0.05) is 22.9 Å². The van der Waals surface area contributed by atoms with Gasteiger partial charge in [-0.15, -0.1) is 11.8 Å². The van der Waals surface area contributed by atoms with Gasteiger partial charge < -0.3 is 5.32 Å². The van der Waals surface area contributed by atoms with E-state index in [2.05, 4.69) is 25.5 Å². The summed E-state index contributed by atoms with van der Waals surface area (Å²) in [5, 5.41) is 10.5. The zero-order valence-electron chi connectivity index (χ0n) is 12.6. The summed E-state index contributed by atoms with van der Waals surface area (Å²) in [6.07, 6.45) is 3.94. The Bertz CT molecular complexity index is 1130. The molecule has 3 heterocycles. The fourth-order valence-corrected chi connectivity index (χ4v) is 4.38. The summed E-state index contributed by atoms with van der Waals surface area (Å²) < 4.78 is 14.7. The number of nitrogens with one attached hydrogen (secondary N) is 2. The zero-order chi connectivity index (χ0) is 17.6. The minimum atomic E-state index is -0.504. The molecule has 25 heavy (non-hydrogen) atoms. The Balaban J connectivity index is 1.98. The number of benzene rings is 1. The average Bonchev–Trinajstić information content (AvgIpc) is 3.22. The van der Waals surface area contributed by atoms with Crippen molar-refractivity contribution in [2.24, 2.45) is 0 Å². The van der Waals surface area contributed by atoms with E-state index in [-0.39, 0.29) is 5.02 Å². The van der Waals surface area contributed by atoms with Crippen molar-refractivity contribution in [1.82, 2.24) is 20.2 Å². The van der Waals surface area contributed by atoms with Crippen molar-refractivity contribution in [3.05, 3.63) is 29.2 Å². The fraction of sp³-hybridized carbons (Fsp3) is 0.0667. The topological polar surface area (TPSA) is 83.6 Å². The highest BCUT2D eigenvalue weighted by atomic mass is 35.5. The molecule has 6 nitrogen and oxygen atoms in total. The summed E-state index contributed by atoms with van der Waals surface area (Å²) in [4.78, 5) is 20.4. The maximum atomic E-state index is 14.7. The molecular weight excluding hydrogens is 385 g/mol. The maximum Gasteiger partial charge on any atom is 0.213 e. The molecule has 0 aliphatic heterocycles. The predicted octanol–water partition coefficient (Wildman–Crippen LogP) is 4.32. The van der Waals surface area contributed by atoms with Gasteiger partial charge in [-0.3, -0.25) is 9.89 Å². The molecule has 126 valence electrons. The summed E-state index contributed by atoms with van der Waals surface area (Å²) in [6.45, 7) is 0. The molecule has 1 amide bonds. The van der Waals surface area contributed by atoms with Crippen LogP contribution in [0.2, 0.25) is 5.02 Å². The van der Waals surface area contributed by atoms with Gasteiger partial charge in [0, 0.05) is 10.9 Å². The first-order valence-corrected chi connectivity index (χ1v) is 9.42. The van der Waals surface area contributed by atoms with Crippen LogP contribution in [0.5, 0.6) is 0 Å². The Morgan fingerprint density at radius 3 is 3.00 bits per heavy atom. The van der Waals surface area contributed by atoms with E-state index in [1.807, 2.05) is 0 Å². The Labute approximate surface area is 153 Å². The molecule has 1 aromatic carbocycles. The number of carbonyl (C=O) groups is 1. The molecule has 3 aromatic heterocycles. The van der Waals surface area contributed by atoms with Gasteiger partial charge >= 0.3 is 0 Å². The van der Waals surface area contributed by atoms with E-state index in [1.165, 1.54) is 23.1 Å². The van der Waals surface area contributed by atoms with Gasteiger partial charge in [-0.25, -0.2) is 14.4 Å². The lowest BCUT2D eigenvalue weighted by molar-refractivity contribution is -0.105. The molecule has 10 heteroatoms. The second-order valence-corrected chi connectivity index (χ2v) is 7.17. The number of rotatable bonds is 4. The third-order valence-electron chi connectivity index (χ3n) is 3.65. The largest absolute Gasteiger partial charge is 0.305 e. The standard InChI is InChI=1S/C15H9ClFN5OS2/c1-24-13-11(17)10(16)9(6-4-19-22-12(6)13)7-2-3-8-14(20-7)25-15(21-8)18-5-23/h2-5H,1H3,(H,19,22)(H,18,21,23). The van der Waals surface area contributed by atoms with Gasteiger partial charge in [0.05, 0.1) is 27.3 Å². The van der Waals surface area contributed by atoms with Gasteiger partial charge in [0.2, 0.25) is 6.41 Å². The molecule has 0 saturated carbocycles. The van der Waals surface area contributed by atoms with Crippen LogP contribution in [-0.2, 0) is 4.79 Å². The molecule has 0 saturated heterocycles. The minimum Gasteiger partial charge on any atom is -0.305 e. The van der Waals surface area contributed by atoms with Crippen molar-refractivity contribution in [2.75, 3.05) is 11.6 Å². The summed E-state index contributed by atoms with van der Waals surface area (Å²) in [5.74, 6) is -0.504. The first kappa shape index (κ1) is 16.2. The second-order valence-electron chi connectivity index (χ2n) is 5.00. The number of carbonyl (C=O) groups excluding carboxylic acids is 1. The third-order valence-corrected chi connectivity index (χ3v) is 5.69. The number of fused-ring (bicyclic) bond motifs is 2. The number of halogens is 2. The lowest BCUT2D eigenvalue weighted by atomic mass is 10.1. The summed E-state index contributed by atoms with van der Waals surface area (Å²) in [7, 11) is 0. The van der Waals surface area contributed by atoms with E-state index in [9.17, 15) is 9.18 Å². The first-order chi connectivity index (χ1) is 12.1. The van der Waals surface area contributed by atoms with Crippen LogP contribution in [0.4, 0.5) is 9.52 Å². The van der Waals surface area contributed by atoms with E-state index in [0.29, 0.717) is 48.9 Å². The van der Waals surface area contributed by atoms with Crippen molar-refractivity contribution < 1.29 is 9.18 Å². The highest BCUT2D eigenvalue weighted by Gasteiger charge is 2.22. The number of thioether (sulfide) groups is 1. The number of thiazole rings is 1. The van der Waals surface area contributed by atoms with Crippen molar-refractivity contribution in [2.45, 2.75) is 4.90 Å². The number of aromatic nitrogens is 4. The Morgan fingerprint density at radius 1 is 1.40 bits per heavy atom. The van der Waals surface area contributed by atoms with E-state index >= 15 is 0 Å². The SMILES string of the molecule is CSc1c(F)c(Cl)c(-c2ccc3nc(NC=O)sc3n2)c2cn[nH]c12. The van der Waals surface area contributed by atoms with Crippen LogP contribution in [0.25, 0.3) is 32.5 Å². The Hall–Kier alpha value is -2.23. The van der Waals surface area contributed by atoms with E-state index < -0.39 is 5.82 Å². The quantitative estimate of drug-likeness (QED) is 0.398. The van der Waals surface area contributed by atoms with Crippen LogP contribution in [0.3, 0.4) is 0 Å². The Kier molecular flexibility index (Phi) is 4.06. The molecule has 0 unspecified atom stereocenters. The maximum absolute atomic E-state index is 14.7. The minimum absolute atomic E-state index is 0.000792. The van der Waals surface area contributed by atoms with Crippen molar-refractivity contribution in [3.63, 3.8) is 0 Å². The van der Waals surface area contributed by atoms with Gasteiger partial charge in [0.25, 0.3) is 0 Å². The van der Waals surface area contributed by atoms with Crippen LogP contribution in [0, 0.1) is 5.82 Å². The molecule has 4 rings (SSSR count). The molecule has 0 fully saturated rings. The summed E-state index contributed by atoms with van der Waals surface area (Å²) in [5.41, 5.74) is 2.20. The number of amides is 1. The Morgan fingerprint density at radius 2 is 2.24 bits per heavy atom. The molecule has 0 aliphatic carbocycles. The van der Waals surface area contributed by atoms with Gasteiger partial charge in [0.15, 0.2) is 10.9 Å². The number of nitrogens with zero attached hydrogens (tertiary/aromatic N) is 3. The van der Waals surface area contributed by atoms with Gasteiger partial charge in [-0.2, -0.15) is 5.10 Å². The molecule has 2 N–H and O–H groups in total. The summed E-state index contributed by atoms with van der Waals surface area (Å²) in [6, 6.07) is 3.48. The van der Waals surface area contributed by atoms with Crippen molar-refractivity contribution >= 4 is 67.5 Å². The number of hydrogen-bond acceptors (Lipinski definition) is 6. The van der Waals surface area contributed by atoms with Gasteiger partial charge in [0.1, 0.15) is 10.3 Å². The fourth-order valence-electron chi connectivity index (χ4n) is 2.60. The molecule has 0 spiro atoms. The first-order valence-electron chi connectivity index (χ1n) is 7.00. The van der Waals surface area contributed by atoms with Crippen molar-refractivity contribution in [1.29, 1.82) is 0 Å². The van der Waals surface area contributed by atoms with Crippen LogP contribution < -0.4 is 5.32 Å². The lowest BCUT2D eigenvalue weighted by Crippen LogP contribution is -1.92. The van der Waals surface area contributed by atoms with Gasteiger partial charge in [-0.05, 0) is 18.4 Å². The van der Waals surface area contributed by atoms with E-state index in [0.717, 1.165) is 0 Å². The molecule has 4 aromatic rings. The number of pyridine rings is 1. The third kappa shape index (κ3) is 2.55. The molecule has 0 aliphatic rings. The molecular formula is C15H9ClFN5OS2. The normalized spacial score (nSPS) is 11.3. The molecule has 0 atom stereocenters. The monoisotopic (exact) mass is 393 g/mol. The van der Waals surface area contributed by atoms with E-state index in [1.54, 1.807) is 24.6 Å². The number of aromatic amines is 1. The van der Waals surface area contributed by atoms with Crippen LogP contribution >= 0.6 is 34.7 Å². The molecule has 0 bridgehead atoms. The van der Waals surface area contributed by atoms with Crippen LogP contribution in [0.15, 0.2) is 23.2 Å². The lowest BCUT2D eigenvalue weighted by Gasteiger charge is -2.10. The van der Waals surface area contributed by atoms with Crippen molar-refractivity contribution in [3.8, 4) is 11.3 Å². The van der Waals surface area contributed by atoms with Crippen LogP contribution in [-0.4, -0.2) is 32.8 Å². The highest BCUT2D eigenvalue weighted by molar-refractivity contribution is 7.98. The number of hydrogen-bond donors (Lipinski definition) is 2. The number of anilines is 1.